The lowest BCUT2D eigenvalue weighted by Crippen LogP contribution is -1.81. The molecule has 0 bridgehead atoms. The van der Waals surface area contributed by atoms with E-state index in [9.17, 15) is 0 Å². The fourth-order valence-corrected chi connectivity index (χ4v) is 1.12. The highest BCUT2D eigenvalue weighted by molar-refractivity contribution is 5.99. The van der Waals surface area contributed by atoms with Gasteiger partial charge < -0.3 is 17.7 Å². The first-order chi connectivity index (χ1) is 6.86. The molecule has 0 saturated heterocycles. The Kier molecular flexibility index (Phi) is 4.58. The zero-order valence-electron chi connectivity index (χ0n) is 7.97. The first-order valence-electron chi connectivity index (χ1n) is 3.87. The smallest absolute Gasteiger partial charge is 0.378 e. The molecular weight excluding hydrogens is 218 g/mol. The number of aromatic nitrogens is 1. The van der Waals surface area contributed by atoms with Gasteiger partial charge in [-0.15, -0.1) is 0 Å². The molecule has 2 rings (SSSR count). The van der Waals surface area contributed by atoms with Gasteiger partial charge in [0.1, 0.15) is 6.26 Å². The van der Waals surface area contributed by atoms with Crippen molar-refractivity contribution >= 4 is 21.0 Å². The molecule has 0 N–H and O–H groups in total. The van der Waals surface area contributed by atoms with Crippen LogP contribution in [0.25, 0.3) is 0 Å². The Labute approximate surface area is 87.1 Å². The van der Waals surface area contributed by atoms with E-state index < -0.39 is 0 Å². The number of rotatable bonds is 2. The molecule has 0 aromatic carbocycles. The average Bonchev–Trinajstić information content (AvgIpc) is 2.92. The van der Waals surface area contributed by atoms with E-state index in [1.807, 2.05) is 0 Å². The van der Waals surface area contributed by atoms with E-state index in [0.717, 1.165) is 0 Å². The number of hydrogen-bond donors (Lipinski definition) is 0. The van der Waals surface area contributed by atoms with Crippen LogP contribution >= 0.6 is 0 Å². The Balaban J connectivity index is 0.000000140. The quantitative estimate of drug-likeness (QED) is 0.636. The van der Waals surface area contributed by atoms with Gasteiger partial charge in [-0.3, -0.25) is 0 Å². The summed E-state index contributed by atoms with van der Waals surface area (Å²) < 4.78 is 19.0. The standard InChI is InChI=1S/C4H6O2Si.C3H5NO2Si/c7-6-4-2-1-3-5-4;7-6-3-4-1-2-5-3/h1-3H,7H3;1-2H,7H3. The molecule has 2 heterocycles. The molecule has 0 saturated carbocycles. The van der Waals surface area contributed by atoms with E-state index in [1.54, 1.807) is 24.6 Å². The molecule has 0 aliphatic rings. The zero-order chi connectivity index (χ0) is 10.2. The molecule has 0 radical (unpaired) electrons. The second-order valence-corrected chi connectivity index (χ2v) is 2.95. The zero-order valence-corrected chi connectivity index (χ0v) is 12.0. The Hall–Kier alpha value is -1.48. The predicted molar refractivity (Wildman–Crippen MR) is 56.3 cm³/mol. The van der Waals surface area contributed by atoms with Gasteiger partial charge in [0.25, 0.3) is 5.95 Å². The van der Waals surface area contributed by atoms with Crippen LogP contribution in [0.4, 0.5) is 0 Å². The van der Waals surface area contributed by atoms with Crippen LogP contribution in [0.15, 0.2) is 39.7 Å². The normalized spacial score (nSPS) is 9.14. The Bertz CT molecular complexity index is 287. The molecule has 0 unspecified atom stereocenters. The summed E-state index contributed by atoms with van der Waals surface area (Å²) >= 11 is 0. The largest absolute Gasteiger partial charge is 0.528 e. The molecule has 2 aromatic rings. The summed E-state index contributed by atoms with van der Waals surface area (Å²) in [5.41, 5.74) is 0. The summed E-state index contributed by atoms with van der Waals surface area (Å²) in [5, 5.41) is 0. The summed E-state index contributed by atoms with van der Waals surface area (Å²) in [4.78, 5) is 3.68. The Morgan fingerprint density at radius 3 is 2.29 bits per heavy atom. The van der Waals surface area contributed by atoms with Crippen LogP contribution < -0.4 is 8.85 Å². The number of hydrogen-bond acceptors (Lipinski definition) is 5. The van der Waals surface area contributed by atoms with Crippen LogP contribution in [0.5, 0.6) is 12.0 Å². The van der Waals surface area contributed by atoms with Crippen molar-refractivity contribution in [2.45, 2.75) is 0 Å². The van der Waals surface area contributed by atoms with E-state index in [2.05, 4.69) is 9.40 Å². The molecule has 0 spiro atoms. The van der Waals surface area contributed by atoms with Crippen molar-refractivity contribution in [3.05, 3.63) is 30.9 Å². The second kappa shape index (κ2) is 6.05. The van der Waals surface area contributed by atoms with Crippen molar-refractivity contribution in [3.8, 4) is 12.0 Å². The van der Waals surface area contributed by atoms with E-state index in [0.29, 0.717) is 33.0 Å². The maximum absolute atomic E-state index is 4.83. The van der Waals surface area contributed by atoms with Gasteiger partial charge in [-0.25, -0.2) is 0 Å². The molecule has 0 aliphatic heterocycles. The van der Waals surface area contributed by atoms with Crippen LogP contribution in [0.2, 0.25) is 0 Å². The maximum Gasteiger partial charge on any atom is 0.378 e. The Morgan fingerprint density at radius 1 is 1.14 bits per heavy atom. The van der Waals surface area contributed by atoms with E-state index in [1.165, 1.54) is 6.26 Å². The van der Waals surface area contributed by atoms with Gasteiger partial charge in [-0.05, 0) is 6.07 Å². The highest BCUT2D eigenvalue weighted by Crippen LogP contribution is 2.06. The van der Waals surface area contributed by atoms with Crippen molar-refractivity contribution in [3.63, 3.8) is 0 Å². The molecular formula is C7H11NO4Si2. The lowest BCUT2D eigenvalue weighted by Gasteiger charge is -1.87. The SMILES string of the molecule is [SiH3]Oc1ccco1.[SiH3]Oc1ncco1. The van der Waals surface area contributed by atoms with Gasteiger partial charge >= 0.3 is 6.08 Å². The molecule has 0 fully saturated rings. The summed E-state index contributed by atoms with van der Waals surface area (Å²) in [7, 11) is 1.33. The summed E-state index contributed by atoms with van der Waals surface area (Å²) in [6, 6.07) is 3.58. The van der Waals surface area contributed by atoms with Crippen molar-refractivity contribution in [1.29, 1.82) is 0 Å². The summed E-state index contributed by atoms with van der Waals surface area (Å²) in [6.07, 6.45) is 4.99. The van der Waals surface area contributed by atoms with Gasteiger partial charge in [0.2, 0.25) is 21.0 Å². The predicted octanol–water partition coefficient (Wildman–Crippen LogP) is -0.727. The second-order valence-electron chi connectivity index (χ2n) is 2.14. The van der Waals surface area contributed by atoms with Crippen LogP contribution in [0.1, 0.15) is 0 Å². The monoisotopic (exact) mass is 229 g/mol. The van der Waals surface area contributed by atoms with Gasteiger partial charge in [-0.2, -0.15) is 4.98 Å². The minimum Gasteiger partial charge on any atom is -0.528 e. The number of oxazole rings is 1. The molecule has 7 heteroatoms. The molecule has 0 atom stereocenters. The van der Waals surface area contributed by atoms with Crippen LogP contribution in [0.3, 0.4) is 0 Å². The van der Waals surface area contributed by atoms with Gasteiger partial charge in [0.05, 0.1) is 12.5 Å². The molecule has 5 nitrogen and oxygen atoms in total. The van der Waals surface area contributed by atoms with Crippen molar-refractivity contribution in [1.82, 2.24) is 4.98 Å². The van der Waals surface area contributed by atoms with Crippen LogP contribution in [0, 0.1) is 0 Å². The van der Waals surface area contributed by atoms with Gasteiger partial charge in [-0.1, -0.05) is 0 Å². The molecule has 0 amide bonds. The molecule has 0 aliphatic carbocycles. The van der Waals surface area contributed by atoms with Crippen molar-refractivity contribution in [2.75, 3.05) is 0 Å². The maximum atomic E-state index is 4.83. The lowest BCUT2D eigenvalue weighted by atomic mass is 10.7. The van der Waals surface area contributed by atoms with Crippen molar-refractivity contribution < 1.29 is 17.7 Å². The molecule has 2 aromatic heterocycles. The number of furan rings is 1. The molecule has 76 valence electrons. The Morgan fingerprint density at radius 2 is 2.00 bits per heavy atom. The third kappa shape index (κ3) is 3.50. The van der Waals surface area contributed by atoms with E-state index in [-0.39, 0.29) is 0 Å². The van der Waals surface area contributed by atoms with Crippen LogP contribution in [-0.2, 0) is 0 Å². The summed E-state index contributed by atoms with van der Waals surface area (Å²) in [5.74, 6) is 0.617. The fraction of sp³-hybridized carbons (Fsp3) is 0. The van der Waals surface area contributed by atoms with Crippen molar-refractivity contribution in [2.24, 2.45) is 0 Å². The van der Waals surface area contributed by atoms with Crippen LogP contribution in [-0.4, -0.2) is 26.0 Å². The minimum absolute atomic E-state index is 0.367. The van der Waals surface area contributed by atoms with Gasteiger partial charge in [0.15, 0.2) is 0 Å². The highest BCUT2D eigenvalue weighted by Gasteiger charge is 1.87. The topological polar surface area (TPSA) is 57.6 Å². The van der Waals surface area contributed by atoms with Gasteiger partial charge in [0, 0.05) is 6.07 Å². The average molecular weight is 229 g/mol. The first kappa shape index (κ1) is 10.6. The first-order valence-corrected chi connectivity index (χ1v) is 5.51. The van der Waals surface area contributed by atoms with E-state index in [4.69, 9.17) is 13.3 Å². The van der Waals surface area contributed by atoms with E-state index >= 15 is 0 Å². The third-order valence-electron chi connectivity index (χ3n) is 1.28. The third-order valence-corrected chi connectivity index (χ3v) is 2.03. The number of nitrogens with zero attached hydrogens (tertiary/aromatic N) is 1. The lowest BCUT2D eigenvalue weighted by molar-refractivity contribution is 0.392. The minimum atomic E-state index is 0.367. The summed E-state index contributed by atoms with van der Waals surface area (Å²) in [6.45, 7) is 0. The molecule has 14 heavy (non-hydrogen) atoms. The highest BCUT2D eigenvalue weighted by atomic mass is 28.2. The fourth-order valence-electron chi connectivity index (χ4n) is 0.691.